The van der Waals surface area contributed by atoms with Gasteiger partial charge in [-0.1, -0.05) is 12.1 Å². The minimum absolute atomic E-state index is 0.127. The molecule has 1 amide bonds. The molecule has 7 nitrogen and oxygen atoms in total. The number of methoxy groups -OCH3 is 1. The average molecular weight is 287 g/mol. The minimum Gasteiger partial charge on any atom is -0.493 e. The smallest absolute Gasteiger partial charge is 0.330 e. The van der Waals surface area contributed by atoms with Gasteiger partial charge in [0.05, 0.1) is 13.3 Å². The zero-order valence-electron chi connectivity index (χ0n) is 11.3. The fourth-order valence-corrected chi connectivity index (χ4v) is 1.52. The van der Waals surface area contributed by atoms with Crippen LogP contribution in [-0.4, -0.2) is 35.5 Å². The fourth-order valence-electron chi connectivity index (χ4n) is 1.52. The van der Waals surface area contributed by atoms with E-state index in [1.165, 1.54) is 25.7 Å². The molecular weight excluding hydrogens is 274 g/mol. The summed E-state index contributed by atoms with van der Waals surface area (Å²) in [5.41, 5.74) is 0.127. The Bertz CT molecular complexity index is 631. The SMILES string of the molecule is COc1ccccc1OC(=O)CNC(=O)c1cnccn1. The lowest BCUT2D eigenvalue weighted by Crippen LogP contribution is -2.32. The van der Waals surface area contributed by atoms with Gasteiger partial charge in [0.25, 0.3) is 5.91 Å². The van der Waals surface area contributed by atoms with Crippen molar-refractivity contribution < 1.29 is 19.1 Å². The number of para-hydroxylation sites is 2. The Morgan fingerprint density at radius 2 is 1.95 bits per heavy atom. The van der Waals surface area contributed by atoms with Crippen molar-refractivity contribution in [3.8, 4) is 11.5 Å². The van der Waals surface area contributed by atoms with E-state index in [2.05, 4.69) is 15.3 Å². The third kappa shape index (κ3) is 4.00. The Morgan fingerprint density at radius 3 is 2.62 bits per heavy atom. The molecule has 7 heteroatoms. The second kappa shape index (κ2) is 6.99. The Balaban J connectivity index is 1.89. The summed E-state index contributed by atoms with van der Waals surface area (Å²) in [5.74, 6) is -0.387. The summed E-state index contributed by atoms with van der Waals surface area (Å²) in [4.78, 5) is 31.0. The van der Waals surface area contributed by atoms with E-state index >= 15 is 0 Å². The number of hydrogen-bond donors (Lipinski definition) is 1. The van der Waals surface area contributed by atoms with E-state index in [4.69, 9.17) is 9.47 Å². The number of hydrogen-bond acceptors (Lipinski definition) is 6. The van der Waals surface area contributed by atoms with Crippen molar-refractivity contribution >= 4 is 11.9 Å². The van der Waals surface area contributed by atoms with E-state index in [0.717, 1.165) is 0 Å². The summed E-state index contributed by atoms with van der Waals surface area (Å²) in [5, 5.41) is 2.40. The van der Waals surface area contributed by atoms with Gasteiger partial charge in [-0.2, -0.15) is 0 Å². The predicted molar refractivity (Wildman–Crippen MR) is 73.0 cm³/mol. The topological polar surface area (TPSA) is 90.4 Å². The molecule has 0 aliphatic carbocycles. The molecule has 0 radical (unpaired) electrons. The maximum Gasteiger partial charge on any atom is 0.330 e. The number of carbonyl (C=O) groups excluding carboxylic acids is 2. The Labute approximate surface area is 120 Å². The zero-order chi connectivity index (χ0) is 15.1. The fraction of sp³-hybridized carbons (Fsp3) is 0.143. The average Bonchev–Trinajstić information content (AvgIpc) is 2.54. The van der Waals surface area contributed by atoms with Crippen LogP contribution in [0.5, 0.6) is 11.5 Å². The second-order valence-corrected chi connectivity index (χ2v) is 3.90. The number of esters is 1. The number of rotatable bonds is 5. The number of nitrogens with one attached hydrogen (secondary N) is 1. The third-order valence-corrected chi connectivity index (χ3v) is 2.48. The van der Waals surface area contributed by atoms with Crippen LogP contribution >= 0.6 is 0 Å². The quantitative estimate of drug-likeness (QED) is 0.647. The molecule has 1 aromatic heterocycles. The Hall–Kier alpha value is -2.96. The summed E-state index contributed by atoms with van der Waals surface area (Å²) < 4.78 is 10.2. The van der Waals surface area contributed by atoms with E-state index in [-0.39, 0.29) is 12.2 Å². The molecule has 21 heavy (non-hydrogen) atoms. The predicted octanol–water partition coefficient (Wildman–Crippen LogP) is 0.821. The third-order valence-electron chi connectivity index (χ3n) is 2.48. The van der Waals surface area contributed by atoms with Gasteiger partial charge in [-0.3, -0.25) is 9.78 Å². The van der Waals surface area contributed by atoms with Gasteiger partial charge in [-0.15, -0.1) is 0 Å². The van der Waals surface area contributed by atoms with Crippen LogP contribution in [0.3, 0.4) is 0 Å². The molecule has 1 aromatic carbocycles. The summed E-state index contributed by atoms with van der Waals surface area (Å²) in [6, 6.07) is 6.73. The van der Waals surface area contributed by atoms with E-state index in [1.807, 2.05) is 0 Å². The molecule has 0 saturated heterocycles. The van der Waals surface area contributed by atoms with Gasteiger partial charge >= 0.3 is 5.97 Å². The van der Waals surface area contributed by atoms with E-state index in [0.29, 0.717) is 11.5 Å². The summed E-state index contributed by atoms with van der Waals surface area (Å²) in [6.07, 6.45) is 4.15. The number of aromatic nitrogens is 2. The minimum atomic E-state index is -0.614. The number of benzene rings is 1. The largest absolute Gasteiger partial charge is 0.493 e. The molecule has 0 bridgehead atoms. The van der Waals surface area contributed by atoms with Crippen molar-refractivity contribution in [3.63, 3.8) is 0 Å². The van der Waals surface area contributed by atoms with Gasteiger partial charge in [0.15, 0.2) is 11.5 Å². The van der Waals surface area contributed by atoms with Crippen LogP contribution < -0.4 is 14.8 Å². The van der Waals surface area contributed by atoms with Crippen LogP contribution in [0.2, 0.25) is 0 Å². The van der Waals surface area contributed by atoms with E-state index in [9.17, 15) is 9.59 Å². The van der Waals surface area contributed by atoms with Gasteiger partial charge in [0.1, 0.15) is 12.2 Å². The normalized spacial score (nSPS) is 9.76. The maximum absolute atomic E-state index is 11.7. The number of ether oxygens (including phenoxy) is 2. The maximum atomic E-state index is 11.7. The van der Waals surface area contributed by atoms with Crippen molar-refractivity contribution in [1.29, 1.82) is 0 Å². The van der Waals surface area contributed by atoms with E-state index < -0.39 is 11.9 Å². The number of nitrogens with zero attached hydrogens (tertiary/aromatic N) is 2. The highest BCUT2D eigenvalue weighted by Crippen LogP contribution is 2.25. The first-order valence-electron chi connectivity index (χ1n) is 6.08. The number of carbonyl (C=O) groups is 2. The van der Waals surface area contributed by atoms with Gasteiger partial charge < -0.3 is 14.8 Å². The molecule has 0 saturated carbocycles. The van der Waals surface area contributed by atoms with Crippen LogP contribution in [0.15, 0.2) is 42.9 Å². The van der Waals surface area contributed by atoms with Crippen molar-refractivity contribution in [2.45, 2.75) is 0 Å². The highest BCUT2D eigenvalue weighted by molar-refractivity contribution is 5.94. The number of amides is 1. The van der Waals surface area contributed by atoms with Gasteiger partial charge in [0.2, 0.25) is 0 Å². The van der Waals surface area contributed by atoms with Crippen LogP contribution in [0.25, 0.3) is 0 Å². The Kier molecular flexibility index (Phi) is 4.81. The molecule has 0 aliphatic heterocycles. The van der Waals surface area contributed by atoms with Gasteiger partial charge in [0, 0.05) is 12.4 Å². The first kappa shape index (κ1) is 14.4. The van der Waals surface area contributed by atoms with Gasteiger partial charge in [-0.05, 0) is 12.1 Å². The molecule has 0 aliphatic rings. The molecular formula is C14H13N3O4. The van der Waals surface area contributed by atoms with Crippen LogP contribution in [0, 0.1) is 0 Å². The zero-order valence-corrected chi connectivity index (χ0v) is 11.3. The molecule has 0 fully saturated rings. The van der Waals surface area contributed by atoms with Crippen LogP contribution in [-0.2, 0) is 4.79 Å². The summed E-state index contributed by atoms with van der Waals surface area (Å²) in [7, 11) is 1.47. The van der Waals surface area contributed by atoms with Crippen molar-refractivity contribution in [2.24, 2.45) is 0 Å². The van der Waals surface area contributed by atoms with Crippen LogP contribution in [0.1, 0.15) is 10.5 Å². The van der Waals surface area contributed by atoms with Crippen LogP contribution in [0.4, 0.5) is 0 Å². The van der Waals surface area contributed by atoms with Crippen molar-refractivity contribution in [1.82, 2.24) is 15.3 Å². The molecule has 2 aromatic rings. The lowest BCUT2D eigenvalue weighted by molar-refractivity contribution is -0.133. The van der Waals surface area contributed by atoms with Crippen molar-refractivity contribution in [3.05, 3.63) is 48.5 Å². The Morgan fingerprint density at radius 1 is 1.19 bits per heavy atom. The molecule has 0 spiro atoms. The molecule has 2 rings (SSSR count). The van der Waals surface area contributed by atoms with E-state index in [1.54, 1.807) is 24.3 Å². The molecule has 0 atom stereocenters. The lowest BCUT2D eigenvalue weighted by atomic mass is 10.3. The monoisotopic (exact) mass is 287 g/mol. The highest BCUT2D eigenvalue weighted by Gasteiger charge is 2.12. The highest BCUT2D eigenvalue weighted by atomic mass is 16.6. The summed E-state index contributed by atoms with van der Waals surface area (Å²) >= 11 is 0. The second-order valence-electron chi connectivity index (χ2n) is 3.90. The molecule has 1 N–H and O–H groups in total. The lowest BCUT2D eigenvalue weighted by Gasteiger charge is -2.09. The first-order chi connectivity index (χ1) is 10.2. The van der Waals surface area contributed by atoms with Crippen molar-refractivity contribution in [2.75, 3.05) is 13.7 Å². The molecule has 1 heterocycles. The standard InChI is InChI=1S/C14H13N3O4/c1-20-11-4-2-3-5-12(11)21-13(18)9-17-14(19)10-8-15-6-7-16-10/h2-8H,9H2,1H3,(H,17,19). The van der Waals surface area contributed by atoms with Gasteiger partial charge in [-0.25, -0.2) is 9.78 Å². The molecule has 108 valence electrons. The first-order valence-corrected chi connectivity index (χ1v) is 6.08. The summed E-state index contributed by atoms with van der Waals surface area (Å²) in [6.45, 7) is -0.284. The molecule has 0 unspecified atom stereocenters.